The molecule has 1 aliphatic rings. The molecule has 2 N–H and O–H groups in total. The van der Waals surface area contributed by atoms with Crippen molar-refractivity contribution in [1.29, 1.82) is 0 Å². The number of likely N-dealkylation sites (N-methyl/N-ethyl adjacent to an activating group) is 1. The molecule has 8 nitrogen and oxygen atoms in total. The Bertz CT molecular complexity index is 1150. The van der Waals surface area contributed by atoms with Crippen molar-refractivity contribution < 1.29 is 4.79 Å². The number of aromatic amines is 1. The SMILES string of the molecule is CN1CC(Nc2ncc3c(-c4ccc5nccn5c4)c[nH]c3n2)CCC1=O. The van der Waals surface area contributed by atoms with Gasteiger partial charge in [-0.15, -0.1) is 0 Å². The molecule has 1 atom stereocenters. The number of likely N-dealkylation sites (tertiary alicyclic amines) is 1. The Hall–Kier alpha value is -3.42. The van der Waals surface area contributed by atoms with Gasteiger partial charge in [0.25, 0.3) is 0 Å². The lowest BCUT2D eigenvalue weighted by molar-refractivity contribution is -0.132. The van der Waals surface area contributed by atoms with E-state index in [0.29, 0.717) is 18.9 Å². The number of fused-ring (bicyclic) bond motifs is 2. The number of aromatic nitrogens is 5. The minimum absolute atomic E-state index is 0.170. The molecule has 0 aliphatic carbocycles. The van der Waals surface area contributed by atoms with Gasteiger partial charge in [0.05, 0.1) is 0 Å². The van der Waals surface area contributed by atoms with Crippen LogP contribution in [0, 0.1) is 0 Å². The zero-order valence-corrected chi connectivity index (χ0v) is 14.9. The second kappa shape index (κ2) is 6.08. The molecule has 0 bridgehead atoms. The quantitative estimate of drug-likeness (QED) is 0.584. The summed E-state index contributed by atoms with van der Waals surface area (Å²) in [5, 5.41) is 4.31. The molecule has 4 aromatic heterocycles. The van der Waals surface area contributed by atoms with Crippen molar-refractivity contribution in [3.63, 3.8) is 0 Å². The second-order valence-corrected chi connectivity index (χ2v) is 6.92. The van der Waals surface area contributed by atoms with Gasteiger partial charge in [-0.3, -0.25) is 4.79 Å². The Morgan fingerprint density at radius 1 is 1.30 bits per heavy atom. The fraction of sp³-hybridized carbons (Fsp3) is 0.263. The van der Waals surface area contributed by atoms with Crippen LogP contribution in [0.1, 0.15) is 12.8 Å². The van der Waals surface area contributed by atoms with Crippen LogP contribution in [-0.4, -0.2) is 54.8 Å². The van der Waals surface area contributed by atoms with Gasteiger partial charge >= 0.3 is 0 Å². The van der Waals surface area contributed by atoms with Crippen molar-refractivity contribution >= 4 is 28.5 Å². The Balaban J connectivity index is 1.43. The number of piperidine rings is 1. The summed E-state index contributed by atoms with van der Waals surface area (Å²) in [6.07, 6.45) is 10.9. The van der Waals surface area contributed by atoms with Gasteiger partial charge in [0, 0.05) is 73.6 Å². The molecule has 4 aromatic rings. The van der Waals surface area contributed by atoms with Crippen molar-refractivity contribution in [2.24, 2.45) is 0 Å². The third kappa shape index (κ3) is 2.79. The Labute approximate surface area is 155 Å². The van der Waals surface area contributed by atoms with Crippen molar-refractivity contribution in [2.45, 2.75) is 18.9 Å². The number of hydrogen-bond acceptors (Lipinski definition) is 5. The van der Waals surface area contributed by atoms with E-state index >= 15 is 0 Å². The van der Waals surface area contributed by atoms with Crippen LogP contribution in [-0.2, 0) is 4.79 Å². The maximum absolute atomic E-state index is 11.6. The lowest BCUT2D eigenvalue weighted by atomic mass is 10.1. The largest absolute Gasteiger partial charge is 0.350 e. The average Bonchev–Trinajstić information content (AvgIpc) is 3.30. The van der Waals surface area contributed by atoms with Crippen molar-refractivity contribution in [3.8, 4) is 11.1 Å². The first-order chi connectivity index (χ1) is 13.2. The highest BCUT2D eigenvalue weighted by molar-refractivity contribution is 5.93. The maximum Gasteiger partial charge on any atom is 0.224 e. The standard InChI is InChI=1S/C19H19N7O/c1-25-11-13(3-5-17(25)27)23-19-22-9-15-14(8-21-18(15)24-19)12-2-4-16-20-6-7-26(16)10-12/h2,4,6-10,13H,3,5,11H2,1H3,(H2,21,22,23,24). The number of carbonyl (C=O) groups excluding carboxylic acids is 1. The van der Waals surface area contributed by atoms with Crippen LogP contribution in [0.25, 0.3) is 27.8 Å². The number of pyridine rings is 1. The molecule has 1 fully saturated rings. The van der Waals surface area contributed by atoms with Crippen LogP contribution in [0.4, 0.5) is 5.95 Å². The number of H-pyrrole nitrogens is 1. The summed E-state index contributed by atoms with van der Waals surface area (Å²) in [5.41, 5.74) is 3.82. The molecule has 0 aromatic carbocycles. The third-order valence-electron chi connectivity index (χ3n) is 5.09. The monoisotopic (exact) mass is 361 g/mol. The first-order valence-electron chi connectivity index (χ1n) is 8.95. The molecule has 5 heterocycles. The molecule has 1 unspecified atom stereocenters. The van der Waals surface area contributed by atoms with Crippen LogP contribution in [0.5, 0.6) is 0 Å². The average molecular weight is 361 g/mol. The summed E-state index contributed by atoms with van der Waals surface area (Å²) >= 11 is 0. The highest BCUT2D eigenvalue weighted by Gasteiger charge is 2.23. The van der Waals surface area contributed by atoms with E-state index in [2.05, 4.69) is 25.3 Å². The summed E-state index contributed by atoms with van der Waals surface area (Å²) in [5.74, 6) is 0.766. The molecule has 1 saturated heterocycles. The highest BCUT2D eigenvalue weighted by atomic mass is 16.2. The summed E-state index contributed by atoms with van der Waals surface area (Å²) in [4.78, 5) is 30.0. The van der Waals surface area contributed by atoms with Crippen LogP contribution < -0.4 is 5.32 Å². The number of carbonyl (C=O) groups is 1. The van der Waals surface area contributed by atoms with E-state index in [1.807, 2.05) is 48.4 Å². The zero-order chi connectivity index (χ0) is 18.4. The Kier molecular flexibility index (Phi) is 3.56. The van der Waals surface area contributed by atoms with Crippen LogP contribution >= 0.6 is 0 Å². The maximum atomic E-state index is 11.6. The van der Waals surface area contributed by atoms with E-state index < -0.39 is 0 Å². The van der Waals surface area contributed by atoms with Crippen LogP contribution in [0.2, 0.25) is 0 Å². The predicted octanol–water partition coefficient (Wildman–Crippen LogP) is 2.31. The van der Waals surface area contributed by atoms with Crippen LogP contribution in [0.3, 0.4) is 0 Å². The van der Waals surface area contributed by atoms with Gasteiger partial charge in [-0.2, -0.15) is 4.98 Å². The summed E-state index contributed by atoms with van der Waals surface area (Å²) in [6.45, 7) is 0.668. The van der Waals surface area contributed by atoms with Gasteiger partial charge in [-0.25, -0.2) is 9.97 Å². The molecule has 136 valence electrons. The zero-order valence-electron chi connectivity index (χ0n) is 14.9. The first-order valence-corrected chi connectivity index (χ1v) is 8.95. The number of amides is 1. The number of anilines is 1. The molecule has 27 heavy (non-hydrogen) atoms. The van der Waals surface area contributed by atoms with Gasteiger partial charge in [0.2, 0.25) is 11.9 Å². The number of hydrogen-bond donors (Lipinski definition) is 2. The molecular weight excluding hydrogens is 342 g/mol. The molecule has 0 spiro atoms. The van der Waals surface area contributed by atoms with E-state index in [1.165, 1.54) is 0 Å². The summed E-state index contributed by atoms with van der Waals surface area (Å²) in [6, 6.07) is 4.21. The molecule has 1 amide bonds. The molecule has 8 heteroatoms. The van der Waals surface area contributed by atoms with E-state index in [4.69, 9.17) is 0 Å². The van der Waals surface area contributed by atoms with Crippen molar-refractivity contribution in [3.05, 3.63) is 43.1 Å². The topological polar surface area (TPSA) is 91.2 Å². The van der Waals surface area contributed by atoms with Crippen molar-refractivity contribution in [2.75, 3.05) is 18.9 Å². The number of nitrogens with one attached hydrogen (secondary N) is 2. The van der Waals surface area contributed by atoms with E-state index in [1.54, 1.807) is 11.1 Å². The first kappa shape index (κ1) is 15.8. The third-order valence-corrected chi connectivity index (χ3v) is 5.09. The summed E-state index contributed by atoms with van der Waals surface area (Å²) in [7, 11) is 1.83. The fourth-order valence-corrected chi connectivity index (χ4v) is 3.61. The Morgan fingerprint density at radius 2 is 2.22 bits per heavy atom. The number of rotatable bonds is 3. The molecule has 5 rings (SSSR count). The van der Waals surface area contributed by atoms with Gasteiger partial charge in [-0.1, -0.05) is 0 Å². The lowest BCUT2D eigenvalue weighted by Gasteiger charge is -2.30. The smallest absolute Gasteiger partial charge is 0.224 e. The summed E-state index contributed by atoms with van der Waals surface area (Å²) < 4.78 is 1.99. The second-order valence-electron chi connectivity index (χ2n) is 6.92. The minimum Gasteiger partial charge on any atom is -0.350 e. The molecular formula is C19H19N7O. The van der Waals surface area contributed by atoms with E-state index in [-0.39, 0.29) is 11.9 Å². The Morgan fingerprint density at radius 3 is 3.11 bits per heavy atom. The predicted molar refractivity (Wildman–Crippen MR) is 102 cm³/mol. The van der Waals surface area contributed by atoms with Crippen LogP contribution in [0.15, 0.2) is 43.1 Å². The lowest BCUT2D eigenvalue weighted by Crippen LogP contribution is -2.43. The van der Waals surface area contributed by atoms with Gasteiger partial charge < -0.3 is 19.6 Å². The van der Waals surface area contributed by atoms with Crippen molar-refractivity contribution in [1.82, 2.24) is 29.2 Å². The number of nitrogens with zero attached hydrogens (tertiary/aromatic N) is 5. The highest BCUT2D eigenvalue weighted by Crippen LogP contribution is 2.28. The van der Waals surface area contributed by atoms with Gasteiger partial charge in [-0.05, 0) is 18.6 Å². The molecule has 1 aliphatic heterocycles. The van der Waals surface area contributed by atoms with Gasteiger partial charge in [0.1, 0.15) is 11.3 Å². The molecule has 0 saturated carbocycles. The fourth-order valence-electron chi connectivity index (χ4n) is 3.61. The molecule has 0 radical (unpaired) electrons. The van der Waals surface area contributed by atoms with E-state index in [9.17, 15) is 4.79 Å². The van der Waals surface area contributed by atoms with E-state index in [0.717, 1.165) is 34.2 Å². The minimum atomic E-state index is 0.170. The van der Waals surface area contributed by atoms with Gasteiger partial charge in [0.15, 0.2) is 0 Å². The number of imidazole rings is 1. The normalized spacial score (nSPS) is 17.7.